The van der Waals surface area contributed by atoms with Crippen molar-refractivity contribution in [2.75, 3.05) is 31.2 Å². The molecule has 96 valence electrons. The molecule has 0 aromatic carbocycles. The fourth-order valence-corrected chi connectivity index (χ4v) is 2.33. The second-order valence-corrected chi connectivity index (χ2v) is 4.64. The largest absolute Gasteiger partial charge is 0.378 e. The van der Waals surface area contributed by atoms with Crippen molar-refractivity contribution in [1.82, 2.24) is 19.5 Å². The quantitative estimate of drug-likeness (QED) is 0.726. The first-order valence-electron chi connectivity index (χ1n) is 5.86. The Morgan fingerprint density at radius 3 is 2.61 bits per heavy atom. The van der Waals surface area contributed by atoms with Crippen LogP contribution in [0.2, 0.25) is 5.28 Å². The van der Waals surface area contributed by atoms with Crippen molar-refractivity contribution in [1.29, 1.82) is 0 Å². The van der Waals surface area contributed by atoms with E-state index in [0.717, 1.165) is 30.2 Å². The number of ether oxygens (including phenoxy) is 1. The van der Waals surface area contributed by atoms with Crippen LogP contribution in [0.1, 0.15) is 5.82 Å². The maximum absolute atomic E-state index is 5.98. The molecule has 0 N–H and O–H groups in total. The van der Waals surface area contributed by atoms with Crippen molar-refractivity contribution in [3.63, 3.8) is 0 Å². The predicted octanol–water partition coefficient (Wildman–Crippen LogP) is 1.16. The Morgan fingerprint density at radius 2 is 1.89 bits per heavy atom. The number of rotatable bonds is 1. The molecule has 0 spiro atoms. The third-order valence-electron chi connectivity index (χ3n) is 3.22. The van der Waals surface area contributed by atoms with Gasteiger partial charge in [0, 0.05) is 20.1 Å². The van der Waals surface area contributed by atoms with Crippen LogP contribution in [0.5, 0.6) is 0 Å². The number of fused-ring (bicyclic) bond motifs is 1. The lowest BCUT2D eigenvalue weighted by atomic mass is 10.3. The van der Waals surface area contributed by atoms with Gasteiger partial charge in [-0.15, -0.1) is 0 Å². The number of aryl methyl sites for hydroxylation is 2. The number of hydrogen-bond donors (Lipinski definition) is 0. The molecule has 1 fully saturated rings. The topological polar surface area (TPSA) is 56.1 Å². The number of nitrogens with zero attached hydrogens (tertiary/aromatic N) is 5. The third kappa shape index (κ3) is 1.81. The van der Waals surface area contributed by atoms with Crippen molar-refractivity contribution in [2.45, 2.75) is 6.92 Å². The highest BCUT2D eigenvalue weighted by atomic mass is 35.5. The van der Waals surface area contributed by atoms with E-state index >= 15 is 0 Å². The molecule has 0 saturated carbocycles. The predicted molar refractivity (Wildman–Crippen MR) is 69.1 cm³/mol. The van der Waals surface area contributed by atoms with Gasteiger partial charge in [0.1, 0.15) is 11.3 Å². The maximum atomic E-state index is 5.98. The average molecular weight is 268 g/mol. The van der Waals surface area contributed by atoms with Crippen molar-refractivity contribution >= 4 is 28.6 Å². The molecule has 2 aromatic rings. The SMILES string of the molecule is Cc1nc2nc(Cl)nc(N3CCOCC3)c2n1C. The zero-order chi connectivity index (χ0) is 12.7. The van der Waals surface area contributed by atoms with Gasteiger partial charge < -0.3 is 14.2 Å². The molecule has 1 saturated heterocycles. The molecule has 7 heteroatoms. The summed E-state index contributed by atoms with van der Waals surface area (Å²) in [6, 6.07) is 0. The molecule has 18 heavy (non-hydrogen) atoms. The minimum absolute atomic E-state index is 0.238. The van der Waals surface area contributed by atoms with Gasteiger partial charge in [0.15, 0.2) is 11.5 Å². The molecule has 6 nitrogen and oxygen atoms in total. The second-order valence-electron chi connectivity index (χ2n) is 4.31. The lowest BCUT2D eigenvalue weighted by Gasteiger charge is -2.28. The smallest absolute Gasteiger partial charge is 0.226 e. The van der Waals surface area contributed by atoms with Gasteiger partial charge in [-0.05, 0) is 18.5 Å². The number of halogens is 1. The molecule has 0 unspecified atom stereocenters. The monoisotopic (exact) mass is 267 g/mol. The summed E-state index contributed by atoms with van der Waals surface area (Å²) < 4.78 is 7.35. The van der Waals surface area contributed by atoms with E-state index in [1.807, 2.05) is 18.5 Å². The minimum Gasteiger partial charge on any atom is -0.378 e. The zero-order valence-electron chi connectivity index (χ0n) is 10.4. The molecule has 3 rings (SSSR count). The summed E-state index contributed by atoms with van der Waals surface area (Å²) >= 11 is 5.98. The first-order valence-corrected chi connectivity index (χ1v) is 6.24. The maximum Gasteiger partial charge on any atom is 0.226 e. The summed E-state index contributed by atoms with van der Waals surface area (Å²) in [4.78, 5) is 15.1. The van der Waals surface area contributed by atoms with Crippen LogP contribution in [0.4, 0.5) is 5.82 Å². The third-order valence-corrected chi connectivity index (χ3v) is 3.39. The molecule has 1 aliphatic heterocycles. The van der Waals surface area contributed by atoms with Crippen molar-refractivity contribution in [3.8, 4) is 0 Å². The van der Waals surface area contributed by atoms with E-state index < -0.39 is 0 Å². The van der Waals surface area contributed by atoms with Crippen LogP contribution >= 0.6 is 11.6 Å². The fourth-order valence-electron chi connectivity index (χ4n) is 2.17. The number of hydrogen-bond acceptors (Lipinski definition) is 5. The molecule has 0 radical (unpaired) electrons. The number of anilines is 1. The molecular weight excluding hydrogens is 254 g/mol. The average Bonchev–Trinajstić information content (AvgIpc) is 2.65. The van der Waals surface area contributed by atoms with Crippen LogP contribution in [0, 0.1) is 6.92 Å². The Morgan fingerprint density at radius 1 is 1.17 bits per heavy atom. The van der Waals surface area contributed by atoms with E-state index in [4.69, 9.17) is 16.3 Å². The molecule has 1 aliphatic rings. The Bertz CT molecular complexity index is 591. The molecule has 0 aliphatic carbocycles. The van der Waals surface area contributed by atoms with E-state index in [2.05, 4.69) is 19.9 Å². The van der Waals surface area contributed by atoms with Gasteiger partial charge in [-0.1, -0.05) is 0 Å². The van der Waals surface area contributed by atoms with Gasteiger partial charge in [0.25, 0.3) is 0 Å². The molecule has 0 amide bonds. The highest BCUT2D eigenvalue weighted by molar-refractivity contribution is 6.28. The van der Waals surface area contributed by atoms with Gasteiger partial charge in [-0.3, -0.25) is 0 Å². The van der Waals surface area contributed by atoms with Gasteiger partial charge >= 0.3 is 0 Å². The lowest BCUT2D eigenvalue weighted by Crippen LogP contribution is -2.37. The van der Waals surface area contributed by atoms with Gasteiger partial charge in [0.05, 0.1) is 13.2 Å². The second kappa shape index (κ2) is 4.37. The molecule has 3 heterocycles. The Kier molecular flexibility index (Phi) is 2.83. The number of morpholine rings is 1. The summed E-state index contributed by atoms with van der Waals surface area (Å²) in [6.45, 7) is 4.98. The minimum atomic E-state index is 0.238. The van der Waals surface area contributed by atoms with Crippen LogP contribution in [-0.4, -0.2) is 45.8 Å². The summed E-state index contributed by atoms with van der Waals surface area (Å²) in [5.41, 5.74) is 1.58. The Hall–Kier alpha value is -1.40. The lowest BCUT2D eigenvalue weighted by molar-refractivity contribution is 0.122. The van der Waals surface area contributed by atoms with E-state index in [0.29, 0.717) is 18.9 Å². The van der Waals surface area contributed by atoms with Gasteiger partial charge in [-0.25, -0.2) is 4.98 Å². The highest BCUT2D eigenvalue weighted by Gasteiger charge is 2.20. The Balaban J connectivity index is 2.19. The normalized spacial score (nSPS) is 16.5. The summed E-state index contributed by atoms with van der Waals surface area (Å²) in [6.07, 6.45) is 0. The van der Waals surface area contributed by atoms with E-state index in [1.165, 1.54) is 0 Å². The summed E-state index contributed by atoms with van der Waals surface area (Å²) in [5.74, 6) is 1.74. The summed E-state index contributed by atoms with van der Waals surface area (Å²) in [5, 5.41) is 0.238. The molecule has 0 atom stereocenters. The van der Waals surface area contributed by atoms with Crippen LogP contribution in [0.25, 0.3) is 11.2 Å². The number of imidazole rings is 1. The van der Waals surface area contributed by atoms with Crippen molar-refractivity contribution < 1.29 is 4.74 Å². The molecular formula is C11H14ClN5O. The van der Waals surface area contributed by atoms with E-state index in [1.54, 1.807) is 0 Å². The fraction of sp³-hybridized carbons (Fsp3) is 0.545. The zero-order valence-corrected chi connectivity index (χ0v) is 11.1. The van der Waals surface area contributed by atoms with E-state index in [-0.39, 0.29) is 5.28 Å². The summed E-state index contributed by atoms with van der Waals surface area (Å²) in [7, 11) is 1.96. The molecule has 0 bridgehead atoms. The highest BCUT2D eigenvalue weighted by Crippen LogP contribution is 2.26. The van der Waals surface area contributed by atoms with Crippen molar-refractivity contribution in [2.24, 2.45) is 7.05 Å². The van der Waals surface area contributed by atoms with E-state index in [9.17, 15) is 0 Å². The number of aromatic nitrogens is 4. The first-order chi connectivity index (χ1) is 8.66. The van der Waals surface area contributed by atoms with Gasteiger partial charge in [0.2, 0.25) is 5.28 Å². The standard InChI is InChI=1S/C11H14ClN5O/c1-7-13-9-8(16(7)2)10(15-11(12)14-9)17-3-5-18-6-4-17/h3-6H2,1-2H3. The van der Waals surface area contributed by atoms with Gasteiger partial charge in [-0.2, -0.15) is 9.97 Å². The Labute approximate surface area is 110 Å². The van der Waals surface area contributed by atoms with Crippen molar-refractivity contribution in [3.05, 3.63) is 11.1 Å². The van der Waals surface area contributed by atoms with Crippen LogP contribution < -0.4 is 4.90 Å². The molecule has 2 aromatic heterocycles. The van der Waals surface area contributed by atoms with Crippen LogP contribution in [-0.2, 0) is 11.8 Å². The van der Waals surface area contributed by atoms with Crippen LogP contribution in [0.15, 0.2) is 0 Å². The first kappa shape index (κ1) is 11.7. The van der Waals surface area contributed by atoms with Crippen LogP contribution in [0.3, 0.4) is 0 Å².